The highest BCUT2D eigenvalue weighted by Crippen LogP contribution is 2.46. The number of esters is 1. The molecule has 1 aliphatic rings. The van der Waals surface area contributed by atoms with E-state index in [0.717, 1.165) is 19.3 Å². The lowest BCUT2D eigenvalue weighted by Crippen LogP contribution is -2.44. The van der Waals surface area contributed by atoms with Crippen molar-refractivity contribution in [2.24, 2.45) is 15.8 Å². The number of aliphatic imine (C=N–C) groups is 1. The SMILES string of the molecule is CC=CC(=O)OCCCOC(=O)NCC1(C)CC(N=C=O)CC(C)(C)C1. The zero-order valence-corrected chi connectivity index (χ0v) is 16.2. The molecule has 0 saturated heterocycles. The van der Waals surface area contributed by atoms with E-state index in [1.807, 2.05) is 0 Å². The second-order valence-electron chi connectivity index (χ2n) is 7.94. The minimum atomic E-state index is -0.496. The smallest absolute Gasteiger partial charge is 0.407 e. The summed E-state index contributed by atoms with van der Waals surface area (Å²) < 4.78 is 10.0. The van der Waals surface area contributed by atoms with Gasteiger partial charge in [-0.2, -0.15) is 0 Å². The summed E-state index contributed by atoms with van der Waals surface area (Å²) >= 11 is 0. The Labute approximate surface area is 155 Å². The van der Waals surface area contributed by atoms with Crippen molar-refractivity contribution in [3.8, 4) is 0 Å². The number of nitrogens with one attached hydrogen (secondary N) is 1. The van der Waals surface area contributed by atoms with Crippen LogP contribution < -0.4 is 5.32 Å². The van der Waals surface area contributed by atoms with Gasteiger partial charge in [-0.15, -0.1) is 0 Å². The van der Waals surface area contributed by atoms with Crippen molar-refractivity contribution >= 4 is 18.1 Å². The molecule has 0 aromatic carbocycles. The third-order valence-electron chi connectivity index (χ3n) is 4.39. The van der Waals surface area contributed by atoms with Gasteiger partial charge in [-0.05, 0) is 37.0 Å². The molecule has 0 heterocycles. The maximum Gasteiger partial charge on any atom is 0.407 e. The van der Waals surface area contributed by atoms with Gasteiger partial charge in [-0.25, -0.2) is 19.4 Å². The van der Waals surface area contributed by atoms with Crippen LogP contribution in [0.2, 0.25) is 0 Å². The molecule has 1 aliphatic carbocycles. The van der Waals surface area contributed by atoms with Gasteiger partial charge in [0.25, 0.3) is 0 Å². The molecule has 7 nitrogen and oxygen atoms in total. The number of rotatable bonds is 8. The molecule has 2 atom stereocenters. The van der Waals surface area contributed by atoms with Crippen LogP contribution in [0.3, 0.4) is 0 Å². The lowest BCUT2D eigenvalue weighted by atomic mass is 9.63. The Kier molecular flexibility index (Phi) is 8.52. The fraction of sp³-hybridized carbons (Fsp3) is 0.737. The molecule has 1 N–H and O–H groups in total. The summed E-state index contributed by atoms with van der Waals surface area (Å²) in [4.78, 5) is 37.5. The van der Waals surface area contributed by atoms with Gasteiger partial charge in [-0.3, -0.25) is 0 Å². The number of carbonyl (C=O) groups is 2. The van der Waals surface area contributed by atoms with Crippen molar-refractivity contribution < 1.29 is 23.9 Å². The number of carbonyl (C=O) groups excluding carboxylic acids is 3. The molecule has 0 aliphatic heterocycles. The fourth-order valence-corrected chi connectivity index (χ4v) is 3.80. The van der Waals surface area contributed by atoms with Crippen LogP contribution in [0, 0.1) is 10.8 Å². The molecular formula is C19H30N2O5. The van der Waals surface area contributed by atoms with Gasteiger partial charge in [0.2, 0.25) is 6.08 Å². The van der Waals surface area contributed by atoms with Crippen LogP contribution in [0.5, 0.6) is 0 Å². The van der Waals surface area contributed by atoms with Crippen molar-refractivity contribution in [2.45, 2.75) is 59.4 Å². The Morgan fingerprint density at radius 3 is 2.58 bits per heavy atom. The quantitative estimate of drug-likeness (QED) is 0.234. The highest BCUT2D eigenvalue weighted by molar-refractivity contribution is 5.81. The van der Waals surface area contributed by atoms with Crippen molar-refractivity contribution in [1.82, 2.24) is 5.32 Å². The maximum absolute atomic E-state index is 11.9. The number of alkyl carbamates (subject to hydrolysis) is 1. The van der Waals surface area contributed by atoms with Crippen molar-refractivity contribution in [1.29, 1.82) is 0 Å². The topological polar surface area (TPSA) is 94.1 Å². The van der Waals surface area contributed by atoms with Crippen LogP contribution >= 0.6 is 0 Å². The maximum atomic E-state index is 11.9. The molecule has 1 fully saturated rings. The highest BCUT2D eigenvalue weighted by Gasteiger charge is 2.41. The average molecular weight is 366 g/mol. The number of ether oxygens (including phenoxy) is 2. The second-order valence-corrected chi connectivity index (χ2v) is 7.94. The third kappa shape index (κ3) is 8.30. The highest BCUT2D eigenvalue weighted by atomic mass is 16.6. The van der Waals surface area contributed by atoms with Gasteiger partial charge in [-0.1, -0.05) is 26.8 Å². The Bertz CT molecular complexity index is 566. The third-order valence-corrected chi connectivity index (χ3v) is 4.39. The summed E-state index contributed by atoms with van der Waals surface area (Å²) in [6.45, 7) is 8.94. The lowest BCUT2D eigenvalue weighted by molar-refractivity contribution is -0.138. The summed E-state index contributed by atoms with van der Waals surface area (Å²) in [5, 5.41) is 2.79. The summed E-state index contributed by atoms with van der Waals surface area (Å²) in [5.41, 5.74) is -0.117. The first-order valence-electron chi connectivity index (χ1n) is 8.97. The van der Waals surface area contributed by atoms with Crippen LogP contribution in [0.1, 0.15) is 53.4 Å². The molecule has 0 bridgehead atoms. The Hall–Kier alpha value is -2.14. The van der Waals surface area contributed by atoms with E-state index >= 15 is 0 Å². The van der Waals surface area contributed by atoms with Gasteiger partial charge in [0.15, 0.2) is 0 Å². The molecule has 1 saturated carbocycles. The number of hydrogen-bond acceptors (Lipinski definition) is 6. The molecule has 7 heteroatoms. The predicted molar refractivity (Wildman–Crippen MR) is 97.4 cm³/mol. The van der Waals surface area contributed by atoms with Gasteiger partial charge in [0.1, 0.15) is 0 Å². The van der Waals surface area contributed by atoms with Crippen molar-refractivity contribution in [3.05, 3.63) is 12.2 Å². The average Bonchev–Trinajstić information content (AvgIpc) is 2.51. The minimum absolute atomic E-state index is 0.0421. The first-order valence-corrected chi connectivity index (χ1v) is 8.97. The Balaban J connectivity index is 2.34. The van der Waals surface area contributed by atoms with E-state index < -0.39 is 12.1 Å². The van der Waals surface area contributed by atoms with Crippen molar-refractivity contribution in [3.63, 3.8) is 0 Å². The van der Waals surface area contributed by atoms with E-state index in [1.54, 1.807) is 19.1 Å². The van der Waals surface area contributed by atoms with Crippen LogP contribution in [0.15, 0.2) is 17.1 Å². The van der Waals surface area contributed by atoms with Gasteiger partial charge in [0, 0.05) is 19.0 Å². The molecule has 1 amide bonds. The summed E-state index contributed by atoms with van der Waals surface area (Å²) in [7, 11) is 0. The minimum Gasteiger partial charge on any atom is -0.462 e. The van der Waals surface area contributed by atoms with E-state index in [9.17, 15) is 14.4 Å². The van der Waals surface area contributed by atoms with E-state index in [-0.39, 0.29) is 30.1 Å². The Morgan fingerprint density at radius 1 is 1.23 bits per heavy atom. The molecule has 0 radical (unpaired) electrons. The molecule has 0 aromatic heterocycles. The number of isocyanates is 1. The summed E-state index contributed by atoms with van der Waals surface area (Å²) in [6.07, 6.45) is 7.03. The van der Waals surface area contributed by atoms with Gasteiger partial charge < -0.3 is 14.8 Å². The molecular weight excluding hydrogens is 336 g/mol. The number of allylic oxidation sites excluding steroid dienone is 1. The van der Waals surface area contributed by atoms with E-state index in [2.05, 4.69) is 31.1 Å². The molecule has 0 spiro atoms. The predicted octanol–water partition coefficient (Wildman–Crippen LogP) is 3.14. The molecule has 146 valence electrons. The standard InChI is InChI=1S/C19H30N2O5/c1-5-7-16(23)25-8-6-9-26-17(24)20-13-19(4)11-15(21-14-22)10-18(2,3)12-19/h5,7,15H,6,8-13H2,1-4H3,(H,20,24). The molecule has 26 heavy (non-hydrogen) atoms. The second kappa shape index (κ2) is 10.1. The van der Waals surface area contributed by atoms with Crippen molar-refractivity contribution in [2.75, 3.05) is 19.8 Å². The van der Waals surface area contributed by atoms with Gasteiger partial charge in [0.05, 0.1) is 19.3 Å². The number of amides is 1. The number of nitrogens with zero attached hydrogens (tertiary/aromatic N) is 1. The van der Waals surface area contributed by atoms with Crippen LogP contribution in [-0.4, -0.2) is 43.9 Å². The number of hydrogen-bond donors (Lipinski definition) is 1. The first kappa shape index (κ1) is 21.9. The zero-order valence-electron chi connectivity index (χ0n) is 16.2. The monoisotopic (exact) mass is 366 g/mol. The van der Waals surface area contributed by atoms with Crippen LogP contribution in [-0.2, 0) is 19.1 Å². The van der Waals surface area contributed by atoms with E-state index in [4.69, 9.17) is 9.47 Å². The molecule has 2 unspecified atom stereocenters. The van der Waals surface area contributed by atoms with E-state index in [1.165, 1.54) is 6.08 Å². The van der Waals surface area contributed by atoms with Crippen LogP contribution in [0.4, 0.5) is 4.79 Å². The molecule has 0 aromatic rings. The Morgan fingerprint density at radius 2 is 1.92 bits per heavy atom. The van der Waals surface area contributed by atoms with E-state index in [0.29, 0.717) is 13.0 Å². The van der Waals surface area contributed by atoms with Gasteiger partial charge >= 0.3 is 12.1 Å². The van der Waals surface area contributed by atoms with Crippen LogP contribution in [0.25, 0.3) is 0 Å². The normalized spacial score (nSPS) is 24.5. The zero-order chi connectivity index (χ0) is 19.6. The first-order chi connectivity index (χ1) is 12.2. The summed E-state index contributed by atoms with van der Waals surface area (Å²) in [5.74, 6) is -0.405. The summed E-state index contributed by atoms with van der Waals surface area (Å²) in [6, 6.07) is -0.0640. The largest absolute Gasteiger partial charge is 0.462 e. The molecule has 1 rings (SSSR count). The fourth-order valence-electron chi connectivity index (χ4n) is 3.80. The lowest BCUT2D eigenvalue weighted by Gasteiger charge is -2.45.